The number of rotatable bonds is 7. The molecule has 2 nitrogen and oxygen atoms in total. The van der Waals surface area contributed by atoms with Crippen LogP contribution in [0, 0.1) is 11.6 Å². The molecule has 0 radical (unpaired) electrons. The molecule has 146 valence electrons. The lowest BCUT2D eigenvalue weighted by Gasteiger charge is -2.23. The third kappa shape index (κ3) is 4.62. The van der Waals surface area contributed by atoms with E-state index in [-0.39, 0.29) is 18.4 Å². The minimum atomic E-state index is -0.634. The topological polar surface area (TPSA) is 33.1 Å². The number of hydrogen-bond acceptors (Lipinski definition) is 2. The SMILES string of the molecule is CCCC=Cc1c(C(C)C)nc(C(C)C)c(CO)c1-c1ccc(F)cc1F. The van der Waals surface area contributed by atoms with Crippen LogP contribution in [0.5, 0.6) is 0 Å². The summed E-state index contributed by atoms with van der Waals surface area (Å²) in [5.74, 6) is -1.06. The zero-order valence-corrected chi connectivity index (χ0v) is 16.8. The van der Waals surface area contributed by atoms with E-state index in [1.807, 2.05) is 39.8 Å². The number of nitrogens with zero attached hydrogens (tertiary/aromatic N) is 1. The van der Waals surface area contributed by atoms with Crippen LogP contribution in [0.25, 0.3) is 17.2 Å². The molecule has 1 aromatic heterocycles. The van der Waals surface area contributed by atoms with Crippen LogP contribution >= 0.6 is 0 Å². The molecule has 0 amide bonds. The van der Waals surface area contributed by atoms with Crippen LogP contribution in [-0.2, 0) is 6.61 Å². The minimum Gasteiger partial charge on any atom is -0.392 e. The van der Waals surface area contributed by atoms with Crippen LogP contribution in [-0.4, -0.2) is 10.1 Å². The summed E-state index contributed by atoms with van der Waals surface area (Å²) in [6, 6.07) is 3.59. The average Bonchev–Trinajstić information content (AvgIpc) is 2.61. The number of aliphatic hydroxyl groups excluding tert-OH is 1. The second-order valence-corrected chi connectivity index (χ2v) is 7.43. The number of unbranched alkanes of at least 4 members (excludes halogenated alkanes) is 1. The summed E-state index contributed by atoms with van der Waals surface area (Å²) in [5.41, 5.74) is 3.94. The third-order valence-electron chi connectivity index (χ3n) is 4.59. The number of pyridine rings is 1. The molecule has 0 fully saturated rings. The average molecular weight is 373 g/mol. The molecule has 1 N–H and O–H groups in total. The first-order valence-electron chi connectivity index (χ1n) is 9.61. The van der Waals surface area contributed by atoms with Gasteiger partial charge in [0.25, 0.3) is 0 Å². The van der Waals surface area contributed by atoms with Crippen molar-refractivity contribution in [3.63, 3.8) is 0 Å². The smallest absolute Gasteiger partial charge is 0.133 e. The summed E-state index contributed by atoms with van der Waals surface area (Å²) < 4.78 is 28.2. The lowest BCUT2D eigenvalue weighted by atomic mass is 9.87. The summed E-state index contributed by atoms with van der Waals surface area (Å²) >= 11 is 0. The van der Waals surface area contributed by atoms with Crippen LogP contribution in [0.15, 0.2) is 24.3 Å². The van der Waals surface area contributed by atoms with Crippen LogP contribution in [0.1, 0.15) is 81.8 Å². The summed E-state index contributed by atoms with van der Waals surface area (Å²) in [6.07, 6.45) is 5.90. The van der Waals surface area contributed by atoms with Gasteiger partial charge in [-0.3, -0.25) is 4.98 Å². The fraction of sp³-hybridized carbons (Fsp3) is 0.435. The number of allylic oxidation sites excluding steroid dienone is 1. The van der Waals surface area contributed by atoms with Crippen molar-refractivity contribution in [2.45, 2.75) is 65.9 Å². The van der Waals surface area contributed by atoms with Crippen LogP contribution in [0.4, 0.5) is 8.78 Å². The van der Waals surface area contributed by atoms with Gasteiger partial charge in [-0.2, -0.15) is 0 Å². The maximum absolute atomic E-state index is 14.7. The second kappa shape index (κ2) is 9.23. The van der Waals surface area contributed by atoms with Gasteiger partial charge in [0, 0.05) is 34.0 Å². The van der Waals surface area contributed by atoms with Crippen molar-refractivity contribution < 1.29 is 13.9 Å². The van der Waals surface area contributed by atoms with Gasteiger partial charge in [0.05, 0.1) is 12.3 Å². The number of benzene rings is 1. The lowest BCUT2D eigenvalue weighted by molar-refractivity contribution is 0.280. The molecule has 0 aliphatic heterocycles. The van der Waals surface area contributed by atoms with Crippen LogP contribution < -0.4 is 0 Å². The highest BCUT2D eigenvalue weighted by Gasteiger charge is 2.24. The van der Waals surface area contributed by atoms with E-state index in [4.69, 9.17) is 4.98 Å². The highest BCUT2D eigenvalue weighted by molar-refractivity contribution is 5.80. The van der Waals surface area contributed by atoms with Gasteiger partial charge in [-0.25, -0.2) is 8.78 Å². The monoisotopic (exact) mass is 373 g/mol. The molecule has 0 saturated heterocycles. The molecular formula is C23H29F2NO. The van der Waals surface area contributed by atoms with Gasteiger partial charge < -0.3 is 5.11 Å². The Morgan fingerprint density at radius 3 is 2.26 bits per heavy atom. The molecule has 0 aliphatic carbocycles. The largest absolute Gasteiger partial charge is 0.392 e. The van der Waals surface area contributed by atoms with Gasteiger partial charge in [0.15, 0.2) is 0 Å². The van der Waals surface area contributed by atoms with Crippen molar-refractivity contribution in [3.8, 4) is 11.1 Å². The summed E-state index contributed by atoms with van der Waals surface area (Å²) in [5, 5.41) is 10.1. The molecule has 0 bridgehead atoms. The van der Waals surface area contributed by atoms with E-state index in [9.17, 15) is 13.9 Å². The molecule has 2 aromatic rings. The van der Waals surface area contributed by atoms with Crippen molar-refractivity contribution in [3.05, 3.63) is 58.4 Å². The molecule has 0 saturated carbocycles. The predicted octanol–water partition coefficient (Wildman–Crippen LogP) is 6.58. The lowest BCUT2D eigenvalue weighted by Crippen LogP contribution is -2.11. The fourth-order valence-electron chi connectivity index (χ4n) is 3.29. The van der Waals surface area contributed by atoms with E-state index in [0.29, 0.717) is 16.7 Å². The molecule has 0 spiro atoms. The fourth-order valence-corrected chi connectivity index (χ4v) is 3.29. The maximum Gasteiger partial charge on any atom is 0.133 e. The van der Waals surface area contributed by atoms with Gasteiger partial charge >= 0.3 is 0 Å². The van der Waals surface area contributed by atoms with Crippen molar-refractivity contribution in [1.29, 1.82) is 0 Å². The first-order chi connectivity index (χ1) is 12.8. The summed E-state index contributed by atoms with van der Waals surface area (Å²) in [7, 11) is 0. The quantitative estimate of drug-likeness (QED) is 0.595. The zero-order valence-electron chi connectivity index (χ0n) is 16.8. The van der Waals surface area contributed by atoms with Crippen LogP contribution in [0.3, 0.4) is 0 Å². The van der Waals surface area contributed by atoms with E-state index in [2.05, 4.69) is 6.92 Å². The molecule has 4 heteroatoms. The number of aliphatic hydroxyl groups is 1. The van der Waals surface area contributed by atoms with Gasteiger partial charge in [-0.1, -0.05) is 53.2 Å². The van der Waals surface area contributed by atoms with Crippen LogP contribution in [0.2, 0.25) is 0 Å². The van der Waals surface area contributed by atoms with E-state index in [1.54, 1.807) is 0 Å². The number of aromatic nitrogens is 1. The van der Waals surface area contributed by atoms with Crippen molar-refractivity contribution in [1.82, 2.24) is 4.98 Å². The minimum absolute atomic E-state index is 0.0700. The highest BCUT2D eigenvalue weighted by atomic mass is 19.1. The molecule has 1 aromatic carbocycles. The normalized spacial score (nSPS) is 11.9. The zero-order chi connectivity index (χ0) is 20.1. The Morgan fingerprint density at radius 2 is 1.74 bits per heavy atom. The number of halogens is 2. The molecule has 0 unspecified atom stereocenters. The van der Waals surface area contributed by atoms with Gasteiger partial charge in [-0.05, 0) is 30.4 Å². The molecule has 0 aliphatic rings. The molecule has 1 heterocycles. The first-order valence-corrected chi connectivity index (χ1v) is 9.61. The summed E-state index contributed by atoms with van der Waals surface area (Å²) in [6.45, 7) is 9.94. The number of hydrogen-bond donors (Lipinski definition) is 1. The predicted molar refractivity (Wildman–Crippen MR) is 108 cm³/mol. The van der Waals surface area contributed by atoms with E-state index >= 15 is 0 Å². The second-order valence-electron chi connectivity index (χ2n) is 7.43. The first kappa shape index (κ1) is 21.2. The Balaban J connectivity index is 2.94. The summed E-state index contributed by atoms with van der Waals surface area (Å²) in [4.78, 5) is 4.85. The third-order valence-corrected chi connectivity index (χ3v) is 4.59. The van der Waals surface area contributed by atoms with Gasteiger partial charge in [-0.15, -0.1) is 0 Å². The Hall–Kier alpha value is -2.07. The van der Waals surface area contributed by atoms with E-state index in [1.165, 1.54) is 12.1 Å². The highest BCUT2D eigenvalue weighted by Crippen LogP contribution is 2.38. The van der Waals surface area contributed by atoms with Crippen molar-refractivity contribution >= 4 is 6.08 Å². The molecular weight excluding hydrogens is 344 g/mol. The van der Waals surface area contributed by atoms with Gasteiger partial charge in [0.1, 0.15) is 11.6 Å². The Kier molecular flexibility index (Phi) is 7.25. The van der Waals surface area contributed by atoms with Crippen molar-refractivity contribution in [2.24, 2.45) is 0 Å². The van der Waals surface area contributed by atoms with E-state index < -0.39 is 11.6 Å². The van der Waals surface area contributed by atoms with Crippen molar-refractivity contribution in [2.75, 3.05) is 0 Å². The Labute approximate surface area is 161 Å². The van der Waals surface area contributed by atoms with Gasteiger partial charge in [0.2, 0.25) is 0 Å². The molecule has 27 heavy (non-hydrogen) atoms. The Bertz CT molecular complexity index is 826. The molecule has 0 atom stereocenters. The maximum atomic E-state index is 14.7. The molecule has 2 rings (SSSR count). The Morgan fingerprint density at radius 1 is 1.07 bits per heavy atom. The van der Waals surface area contributed by atoms with E-state index in [0.717, 1.165) is 35.9 Å². The standard InChI is InChI=1S/C23H29F2NO/c1-6-7-8-9-18-21(17-11-10-16(24)12-20(17)25)19(13-27)23(15(4)5)26-22(18)14(2)3/h8-12,14-15,27H,6-7,13H2,1-5H3.